The second-order valence-corrected chi connectivity index (χ2v) is 10.0. The van der Waals surface area contributed by atoms with E-state index in [-0.39, 0.29) is 34.5 Å². The van der Waals surface area contributed by atoms with Gasteiger partial charge < -0.3 is 4.74 Å². The van der Waals surface area contributed by atoms with Gasteiger partial charge in [0.1, 0.15) is 12.4 Å². The molecule has 0 radical (unpaired) electrons. The van der Waals surface area contributed by atoms with E-state index in [0.717, 1.165) is 22.0 Å². The topological polar surface area (TPSA) is 99.6 Å². The number of hydrogen-bond donors (Lipinski definition) is 0. The van der Waals surface area contributed by atoms with Crippen LogP contribution in [0.5, 0.6) is 5.75 Å². The highest BCUT2D eigenvalue weighted by Gasteiger charge is 2.21. The lowest BCUT2D eigenvalue weighted by molar-refractivity contribution is -0.385. The molecule has 10 heteroatoms. The first kappa shape index (κ1) is 26.5. The number of benzene rings is 3. The van der Waals surface area contributed by atoms with Crippen LogP contribution >= 0.6 is 27.5 Å². The molecule has 0 N–H and O–H groups in total. The van der Waals surface area contributed by atoms with E-state index >= 15 is 0 Å². The average molecular weight is 584 g/mol. The first-order valence-corrected chi connectivity index (χ1v) is 12.8. The first-order chi connectivity index (χ1) is 17.7. The smallest absolute Gasteiger partial charge is 0.313 e. The van der Waals surface area contributed by atoms with Crippen LogP contribution in [0.15, 0.2) is 69.0 Å². The molecule has 1 heterocycles. The molecule has 0 fully saturated rings. The van der Waals surface area contributed by atoms with Crippen LogP contribution in [0.1, 0.15) is 48.7 Å². The lowest BCUT2D eigenvalue weighted by atomic mass is 10.1. The fourth-order valence-electron chi connectivity index (χ4n) is 3.81. The minimum absolute atomic E-state index is 0.0278. The molecule has 37 heavy (non-hydrogen) atoms. The number of aryl methyl sites for hydroxylation is 1. The number of nitro groups is 1. The van der Waals surface area contributed by atoms with Crippen LogP contribution in [0.3, 0.4) is 0 Å². The number of halogens is 2. The third kappa shape index (κ3) is 5.89. The molecule has 1 atom stereocenters. The Morgan fingerprint density at radius 3 is 2.73 bits per heavy atom. The lowest BCUT2D eigenvalue weighted by Gasteiger charge is -2.14. The number of nitrogens with zero attached hydrogens (tertiary/aromatic N) is 4. The third-order valence-electron chi connectivity index (χ3n) is 5.92. The standard InChI is InChI=1S/C27H24BrClN4O4/c1-4-17(3)26-31-23-9-8-20(28)13-21(23)27(34)32(26)30-14-19-11-22(29)25(24(12-19)33(35)36)37-15-18-7-5-6-16(2)10-18/h5-14,17H,4,15H2,1-3H3/t17-/m1/s1. The fourth-order valence-corrected chi connectivity index (χ4v) is 4.45. The van der Waals surface area contributed by atoms with Crippen molar-refractivity contribution in [3.8, 4) is 5.75 Å². The van der Waals surface area contributed by atoms with Crippen molar-refractivity contribution in [1.29, 1.82) is 0 Å². The molecule has 0 saturated carbocycles. The summed E-state index contributed by atoms with van der Waals surface area (Å²) in [7, 11) is 0. The predicted octanol–water partition coefficient (Wildman–Crippen LogP) is 7.00. The quantitative estimate of drug-likeness (QED) is 0.126. The van der Waals surface area contributed by atoms with Crippen LogP contribution in [0.25, 0.3) is 10.9 Å². The van der Waals surface area contributed by atoms with E-state index in [4.69, 9.17) is 16.3 Å². The molecule has 0 amide bonds. The third-order valence-corrected chi connectivity index (χ3v) is 6.69. The van der Waals surface area contributed by atoms with Crippen molar-refractivity contribution in [1.82, 2.24) is 9.66 Å². The highest BCUT2D eigenvalue weighted by Crippen LogP contribution is 2.36. The van der Waals surface area contributed by atoms with Crippen molar-refractivity contribution in [3.05, 3.63) is 107 Å². The van der Waals surface area contributed by atoms with E-state index in [1.807, 2.05) is 51.1 Å². The molecular formula is C27H24BrClN4O4. The molecule has 4 aromatic rings. The molecule has 4 rings (SSSR count). The Morgan fingerprint density at radius 1 is 1.24 bits per heavy atom. The fraction of sp³-hybridized carbons (Fsp3) is 0.222. The van der Waals surface area contributed by atoms with E-state index in [1.165, 1.54) is 23.0 Å². The molecule has 0 aliphatic rings. The van der Waals surface area contributed by atoms with E-state index < -0.39 is 4.92 Å². The minimum atomic E-state index is -0.555. The largest absolute Gasteiger partial charge is 0.481 e. The number of hydrogen-bond acceptors (Lipinski definition) is 6. The summed E-state index contributed by atoms with van der Waals surface area (Å²) in [4.78, 5) is 29.3. The highest BCUT2D eigenvalue weighted by atomic mass is 79.9. The molecule has 3 aromatic carbocycles. The number of ether oxygens (including phenoxy) is 1. The summed E-state index contributed by atoms with van der Waals surface area (Å²) >= 11 is 9.80. The van der Waals surface area contributed by atoms with Gasteiger partial charge in [0, 0.05) is 22.0 Å². The number of rotatable bonds is 8. The minimum Gasteiger partial charge on any atom is -0.481 e. The summed E-state index contributed by atoms with van der Waals surface area (Å²) in [5.41, 5.74) is 2.20. The highest BCUT2D eigenvalue weighted by molar-refractivity contribution is 9.10. The SMILES string of the molecule is CC[C@@H](C)c1nc2ccc(Br)cc2c(=O)n1N=Cc1cc(Cl)c(OCc2cccc(C)c2)c([N+](=O)[O-])c1. The number of aromatic nitrogens is 2. The van der Waals surface area contributed by atoms with Crippen molar-refractivity contribution < 1.29 is 9.66 Å². The van der Waals surface area contributed by atoms with E-state index in [2.05, 4.69) is 26.0 Å². The Kier molecular flexibility index (Phi) is 8.04. The van der Waals surface area contributed by atoms with Gasteiger partial charge in [0.15, 0.2) is 0 Å². The van der Waals surface area contributed by atoms with Crippen molar-refractivity contribution in [2.75, 3.05) is 0 Å². The summed E-state index contributed by atoms with van der Waals surface area (Å²) in [6.45, 7) is 6.03. The zero-order valence-electron chi connectivity index (χ0n) is 20.4. The molecule has 8 nitrogen and oxygen atoms in total. The van der Waals surface area contributed by atoms with Gasteiger partial charge in [-0.3, -0.25) is 14.9 Å². The maximum absolute atomic E-state index is 13.3. The monoisotopic (exact) mass is 582 g/mol. The van der Waals surface area contributed by atoms with Gasteiger partial charge in [0.2, 0.25) is 5.75 Å². The van der Waals surface area contributed by atoms with Crippen LogP contribution in [-0.4, -0.2) is 20.8 Å². The van der Waals surface area contributed by atoms with Gasteiger partial charge in [-0.2, -0.15) is 9.78 Å². The van der Waals surface area contributed by atoms with Gasteiger partial charge in [-0.1, -0.05) is 71.2 Å². The average Bonchev–Trinajstić information content (AvgIpc) is 2.87. The molecule has 0 spiro atoms. The Balaban J connectivity index is 1.74. The van der Waals surface area contributed by atoms with E-state index in [1.54, 1.807) is 12.1 Å². The Morgan fingerprint density at radius 2 is 2.03 bits per heavy atom. The molecule has 0 aliphatic carbocycles. The van der Waals surface area contributed by atoms with E-state index in [0.29, 0.717) is 22.3 Å². The normalized spacial score (nSPS) is 12.2. The van der Waals surface area contributed by atoms with Crippen LogP contribution in [-0.2, 0) is 6.61 Å². The van der Waals surface area contributed by atoms with Crippen molar-refractivity contribution >= 4 is 50.3 Å². The summed E-state index contributed by atoms with van der Waals surface area (Å²) < 4.78 is 7.73. The van der Waals surface area contributed by atoms with Crippen LogP contribution in [0.4, 0.5) is 5.69 Å². The van der Waals surface area contributed by atoms with Gasteiger partial charge in [-0.15, -0.1) is 0 Å². The van der Waals surface area contributed by atoms with Crippen molar-refractivity contribution in [3.63, 3.8) is 0 Å². The molecular weight excluding hydrogens is 560 g/mol. The molecule has 0 saturated heterocycles. The van der Waals surface area contributed by atoms with Crippen molar-refractivity contribution in [2.45, 2.75) is 39.7 Å². The summed E-state index contributed by atoms with van der Waals surface area (Å²) in [5, 5.41) is 16.7. The lowest BCUT2D eigenvalue weighted by Crippen LogP contribution is -2.23. The van der Waals surface area contributed by atoms with Gasteiger partial charge in [-0.05, 0) is 43.2 Å². The first-order valence-electron chi connectivity index (χ1n) is 11.6. The van der Waals surface area contributed by atoms with Gasteiger partial charge in [0.05, 0.1) is 27.1 Å². The summed E-state index contributed by atoms with van der Waals surface area (Å²) in [5.74, 6) is 0.422. The van der Waals surface area contributed by atoms with Crippen LogP contribution < -0.4 is 10.3 Å². The zero-order valence-corrected chi connectivity index (χ0v) is 22.8. The molecule has 0 unspecified atom stereocenters. The number of fused-ring (bicyclic) bond motifs is 1. The second-order valence-electron chi connectivity index (χ2n) is 8.69. The van der Waals surface area contributed by atoms with Crippen molar-refractivity contribution in [2.24, 2.45) is 5.10 Å². The molecule has 1 aromatic heterocycles. The summed E-state index contributed by atoms with van der Waals surface area (Å²) in [6, 6.07) is 15.8. The Bertz CT molecular complexity index is 1590. The Labute approximate surface area is 226 Å². The second kappa shape index (κ2) is 11.2. The van der Waals surface area contributed by atoms with Gasteiger partial charge in [0.25, 0.3) is 5.56 Å². The molecule has 0 bridgehead atoms. The van der Waals surface area contributed by atoms with Gasteiger partial charge in [-0.25, -0.2) is 4.98 Å². The van der Waals surface area contributed by atoms with Gasteiger partial charge >= 0.3 is 5.69 Å². The van der Waals surface area contributed by atoms with Crippen LogP contribution in [0.2, 0.25) is 5.02 Å². The Hall–Kier alpha value is -3.56. The maximum atomic E-state index is 13.3. The molecule has 0 aliphatic heterocycles. The summed E-state index contributed by atoms with van der Waals surface area (Å²) in [6.07, 6.45) is 2.11. The zero-order chi connectivity index (χ0) is 26.7. The van der Waals surface area contributed by atoms with Crippen LogP contribution in [0, 0.1) is 17.0 Å². The number of nitro benzene ring substituents is 1. The molecule has 190 valence electrons. The predicted molar refractivity (Wildman–Crippen MR) is 149 cm³/mol. The van der Waals surface area contributed by atoms with E-state index in [9.17, 15) is 14.9 Å². The maximum Gasteiger partial charge on any atom is 0.313 e.